The fourth-order valence-electron chi connectivity index (χ4n) is 4.03. The van der Waals surface area contributed by atoms with Crippen molar-refractivity contribution in [1.82, 2.24) is 20.0 Å². The Morgan fingerprint density at radius 1 is 1.11 bits per heavy atom. The summed E-state index contributed by atoms with van der Waals surface area (Å²) in [6.45, 7) is 3.79. The third-order valence-corrected chi connectivity index (χ3v) is 5.55. The Morgan fingerprint density at radius 3 is 2.67 bits per heavy atom. The van der Waals surface area contributed by atoms with Crippen LogP contribution in [0.4, 0.5) is 0 Å². The second-order valence-electron chi connectivity index (χ2n) is 7.51. The van der Waals surface area contributed by atoms with E-state index in [9.17, 15) is 4.79 Å². The molecule has 1 amide bonds. The van der Waals surface area contributed by atoms with Crippen LogP contribution in [-0.4, -0.2) is 46.8 Å². The summed E-state index contributed by atoms with van der Waals surface area (Å²) >= 11 is 0. The molecule has 4 rings (SSSR count). The predicted molar refractivity (Wildman–Crippen MR) is 108 cm³/mol. The number of rotatable bonds is 4. The summed E-state index contributed by atoms with van der Waals surface area (Å²) in [5.41, 5.74) is 3.19. The minimum absolute atomic E-state index is 0.120. The molecule has 5 nitrogen and oxygen atoms in total. The number of hydrogen-bond acceptors (Lipinski definition) is 3. The maximum Gasteiger partial charge on any atom is 0.246 e. The molecule has 142 valence electrons. The van der Waals surface area contributed by atoms with Gasteiger partial charge < -0.3 is 10.2 Å². The molecule has 5 heteroatoms. The molecule has 0 saturated carbocycles. The summed E-state index contributed by atoms with van der Waals surface area (Å²) in [6.07, 6.45) is 11.5. The van der Waals surface area contributed by atoms with E-state index in [4.69, 9.17) is 5.10 Å². The van der Waals surface area contributed by atoms with Gasteiger partial charge in [-0.25, -0.2) is 4.68 Å². The van der Waals surface area contributed by atoms with Gasteiger partial charge in [-0.05, 0) is 56.9 Å². The minimum Gasteiger partial charge on any atom is -0.339 e. The number of likely N-dealkylation sites (tertiary alicyclic amines) is 1. The molecular formula is C22H28N4O. The van der Waals surface area contributed by atoms with Crippen molar-refractivity contribution < 1.29 is 4.79 Å². The highest BCUT2D eigenvalue weighted by Crippen LogP contribution is 2.27. The van der Waals surface area contributed by atoms with E-state index in [0.717, 1.165) is 62.4 Å². The van der Waals surface area contributed by atoms with E-state index in [2.05, 4.69) is 23.6 Å². The Labute approximate surface area is 161 Å². The van der Waals surface area contributed by atoms with E-state index in [0.29, 0.717) is 5.92 Å². The second kappa shape index (κ2) is 8.53. The highest BCUT2D eigenvalue weighted by molar-refractivity contribution is 5.92. The molecular weight excluding hydrogens is 336 g/mol. The summed E-state index contributed by atoms with van der Waals surface area (Å²) in [4.78, 5) is 14.5. The van der Waals surface area contributed by atoms with Crippen molar-refractivity contribution in [3.63, 3.8) is 0 Å². The normalized spacial score (nSPS) is 20.9. The van der Waals surface area contributed by atoms with Crippen molar-refractivity contribution in [1.29, 1.82) is 0 Å². The van der Waals surface area contributed by atoms with Crippen molar-refractivity contribution in [2.24, 2.45) is 0 Å². The van der Waals surface area contributed by atoms with Gasteiger partial charge in [0.05, 0.1) is 11.4 Å². The number of piperidine rings is 2. The fraction of sp³-hybridized carbons (Fsp3) is 0.455. The van der Waals surface area contributed by atoms with Gasteiger partial charge in [0.1, 0.15) is 0 Å². The first-order valence-corrected chi connectivity index (χ1v) is 10.1. The summed E-state index contributed by atoms with van der Waals surface area (Å²) in [5.74, 6) is 0.517. The number of aromatic nitrogens is 2. The van der Waals surface area contributed by atoms with E-state index in [1.807, 2.05) is 33.9 Å². The number of para-hydroxylation sites is 1. The zero-order chi connectivity index (χ0) is 18.5. The lowest BCUT2D eigenvalue weighted by Gasteiger charge is -2.25. The number of benzene rings is 1. The fourth-order valence-corrected chi connectivity index (χ4v) is 4.03. The average molecular weight is 364 g/mol. The molecule has 2 fully saturated rings. The number of carbonyl (C=O) groups is 1. The van der Waals surface area contributed by atoms with Gasteiger partial charge in [-0.3, -0.25) is 4.79 Å². The standard InChI is InChI=1S/C22H28N4O/c27-21(25-14-5-2-6-15-25)12-11-19-17-26(20-9-3-1-4-10-20)24-22(19)18-8-7-13-23-16-18/h1,3-4,9-12,17-18,23H,2,5-8,13-16H2/b12-11+. The van der Waals surface area contributed by atoms with Crippen LogP contribution in [0.25, 0.3) is 11.8 Å². The number of hydrogen-bond donors (Lipinski definition) is 1. The van der Waals surface area contributed by atoms with Crippen molar-refractivity contribution in [2.75, 3.05) is 26.2 Å². The predicted octanol–water partition coefficient (Wildman–Crippen LogP) is 3.37. The van der Waals surface area contributed by atoms with Crippen LogP contribution in [0.5, 0.6) is 0 Å². The third-order valence-electron chi connectivity index (χ3n) is 5.55. The number of amides is 1. The monoisotopic (exact) mass is 364 g/mol. The van der Waals surface area contributed by atoms with E-state index in [-0.39, 0.29) is 5.91 Å². The average Bonchev–Trinajstić information content (AvgIpc) is 3.18. The quantitative estimate of drug-likeness (QED) is 0.847. The topological polar surface area (TPSA) is 50.2 Å². The maximum atomic E-state index is 12.5. The van der Waals surface area contributed by atoms with Crippen LogP contribution in [0.15, 0.2) is 42.6 Å². The molecule has 3 heterocycles. The van der Waals surface area contributed by atoms with Crippen LogP contribution < -0.4 is 5.32 Å². The van der Waals surface area contributed by atoms with E-state index < -0.39 is 0 Å². The van der Waals surface area contributed by atoms with Gasteiger partial charge in [-0.2, -0.15) is 5.10 Å². The van der Waals surface area contributed by atoms with Gasteiger partial charge in [0.25, 0.3) is 0 Å². The third kappa shape index (κ3) is 4.30. The smallest absolute Gasteiger partial charge is 0.246 e. The first kappa shape index (κ1) is 18.0. The van der Waals surface area contributed by atoms with Crippen molar-refractivity contribution in [3.8, 4) is 5.69 Å². The van der Waals surface area contributed by atoms with Gasteiger partial charge in [-0.1, -0.05) is 18.2 Å². The summed E-state index contributed by atoms with van der Waals surface area (Å²) in [7, 11) is 0. The number of nitrogens with one attached hydrogen (secondary N) is 1. The summed E-state index contributed by atoms with van der Waals surface area (Å²) in [6, 6.07) is 10.2. The lowest BCUT2D eigenvalue weighted by molar-refractivity contribution is -0.126. The molecule has 1 aromatic carbocycles. The molecule has 1 aromatic heterocycles. The van der Waals surface area contributed by atoms with E-state index in [1.54, 1.807) is 6.08 Å². The van der Waals surface area contributed by atoms with Gasteiger partial charge in [-0.15, -0.1) is 0 Å². The lowest BCUT2D eigenvalue weighted by Crippen LogP contribution is -2.34. The molecule has 0 radical (unpaired) electrons. The first-order chi connectivity index (χ1) is 13.3. The largest absolute Gasteiger partial charge is 0.339 e. The van der Waals surface area contributed by atoms with Crippen LogP contribution in [0, 0.1) is 0 Å². The molecule has 1 N–H and O–H groups in total. The SMILES string of the molecule is O=C(/C=C/c1cn(-c2ccccc2)nc1C1CCCNC1)N1CCCCC1. The molecule has 0 bridgehead atoms. The highest BCUT2D eigenvalue weighted by atomic mass is 16.2. The van der Waals surface area contributed by atoms with E-state index >= 15 is 0 Å². The summed E-state index contributed by atoms with van der Waals surface area (Å²) in [5, 5.41) is 8.37. The Kier molecular flexibility index (Phi) is 5.68. The molecule has 27 heavy (non-hydrogen) atoms. The number of carbonyl (C=O) groups excluding carboxylic acids is 1. The highest BCUT2D eigenvalue weighted by Gasteiger charge is 2.22. The molecule has 0 spiro atoms. The zero-order valence-corrected chi connectivity index (χ0v) is 15.8. The van der Waals surface area contributed by atoms with Crippen LogP contribution in [-0.2, 0) is 4.79 Å². The van der Waals surface area contributed by atoms with E-state index in [1.165, 1.54) is 12.8 Å². The van der Waals surface area contributed by atoms with Gasteiger partial charge in [0.2, 0.25) is 5.91 Å². The molecule has 1 atom stereocenters. The van der Waals surface area contributed by atoms with Crippen molar-refractivity contribution in [2.45, 2.75) is 38.0 Å². The Bertz CT molecular complexity index is 784. The molecule has 2 aromatic rings. The van der Waals surface area contributed by atoms with Crippen molar-refractivity contribution >= 4 is 12.0 Å². The van der Waals surface area contributed by atoms with Gasteiger partial charge in [0.15, 0.2) is 0 Å². The minimum atomic E-state index is 0.120. The van der Waals surface area contributed by atoms with Crippen LogP contribution in [0.3, 0.4) is 0 Å². The number of nitrogens with zero attached hydrogens (tertiary/aromatic N) is 3. The first-order valence-electron chi connectivity index (χ1n) is 10.1. The molecule has 2 aliphatic rings. The van der Waals surface area contributed by atoms with Gasteiger partial charge in [0, 0.05) is 43.4 Å². The van der Waals surface area contributed by atoms with Crippen molar-refractivity contribution in [3.05, 3.63) is 53.9 Å². The lowest BCUT2D eigenvalue weighted by atomic mass is 9.94. The molecule has 2 aliphatic heterocycles. The van der Waals surface area contributed by atoms with Crippen LogP contribution >= 0.6 is 0 Å². The Morgan fingerprint density at radius 2 is 1.93 bits per heavy atom. The summed E-state index contributed by atoms with van der Waals surface area (Å²) < 4.78 is 1.94. The Hall–Kier alpha value is -2.40. The molecule has 1 unspecified atom stereocenters. The zero-order valence-electron chi connectivity index (χ0n) is 15.8. The Balaban J connectivity index is 1.60. The molecule has 2 saturated heterocycles. The van der Waals surface area contributed by atoms with Crippen LogP contribution in [0.1, 0.15) is 49.3 Å². The maximum absolute atomic E-state index is 12.5. The second-order valence-corrected chi connectivity index (χ2v) is 7.51. The molecule has 0 aliphatic carbocycles. The van der Waals surface area contributed by atoms with Crippen LogP contribution in [0.2, 0.25) is 0 Å². The van der Waals surface area contributed by atoms with Gasteiger partial charge >= 0.3 is 0 Å².